The standard InChI is InChI=1S/C15H26/c1-10(2)13-8-6-12(4)14-7-5-11(3)9-15(13)14/h8,10-12,14-15H,5-7,9H2,1-4H3. The van der Waals surface area contributed by atoms with Gasteiger partial charge >= 0.3 is 0 Å². The second-order valence-corrected chi connectivity index (χ2v) is 6.26. The Bertz CT molecular complexity index is 249. The first kappa shape index (κ1) is 11.2. The first-order chi connectivity index (χ1) is 7.09. The zero-order chi connectivity index (χ0) is 11.0. The molecule has 2 rings (SSSR count). The lowest BCUT2D eigenvalue weighted by molar-refractivity contribution is 0.143. The van der Waals surface area contributed by atoms with Crippen molar-refractivity contribution >= 4 is 0 Å². The minimum absolute atomic E-state index is 0.773. The first-order valence-electron chi connectivity index (χ1n) is 6.79. The highest BCUT2D eigenvalue weighted by atomic mass is 14.4. The van der Waals surface area contributed by atoms with E-state index in [4.69, 9.17) is 0 Å². The van der Waals surface area contributed by atoms with Crippen molar-refractivity contribution in [3.05, 3.63) is 11.6 Å². The molecule has 0 amide bonds. The maximum atomic E-state index is 2.56. The van der Waals surface area contributed by atoms with Gasteiger partial charge in [-0.25, -0.2) is 0 Å². The van der Waals surface area contributed by atoms with Gasteiger partial charge in [0.1, 0.15) is 0 Å². The molecule has 86 valence electrons. The fraction of sp³-hybridized carbons (Fsp3) is 0.867. The zero-order valence-electron chi connectivity index (χ0n) is 10.8. The molecule has 0 saturated heterocycles. The van der Waals surface area contributed by atoms with Gasteiger partial charge in [0, 0.05) is 0 Å². The number of hydrogen-bond donors (Lipinski definition) is 0. The van der Waals surface area contributed by atoms with Crippen LogP contribution in [0, 0.1) is 29.6 Å². The van der Waals surface area contributed by atoms with Crippen molar-refractivity contribution in [2.75, 3.05) is 0 Å². The summed E-state index contributed by atoms with van der Waals surface area (Å²) in [6.07, 6.45) is 8.31. The van der Waals surface area contributed by atoms with Crippen LogP contribution in [-0.4, -0.2) is 0 Å². The molecule has 1 fully saturated rings. The topological polar surface area (TPSA) is 0 Å². The Morgan fingerprint density at radius 1 is 1.20 bits per heavy atom. The second kappa shape index (κ2) is 4.31. The highest BCUT2D eigenvalue weighted by molar-refractivity contribution is 5.16. The van der Waals surface area contributed by atoms with Crippen LogP contribution in [-0.2, 0) is 0 Å². The van der Waals surface area contributed by atoms with Crippen LogP contribution in [0.15, 0.2) is 11.6 Å². The normalized spacial score (nSPS) is 41.3. The van der Waals surface area contributed by atoms with Gasteiger partial charge in [-0.3, -0.25) is 0 Å². The van der Waals surface area contributed by atoms with Gasteiger partial charge in [0.15, 0.2) is 0 Å². The summed E-state index contributed by atoms with van der Waals surface area (Å²) in [6, 6.07) is 0. The summed E-state index contributed by atoms with van der Waals surface area (Å²) >= 11 is 0. The van der Waals surface area contributed by atoms with Crippen LogP contribution in [0.1, 0.15) is 53.4 Å². The van der Waals surface area contributed by atoms with E-state index in [-0.39, 0.29) is 0 Å². The van der Waals surface area contributed by atoms with Crippen molar-refractivity contribution in [2.24, 2.45) is 29.6 Å². The predicted octanol–water partition coefficient (Wildman–Crippen LogP) is 4.66. The van der Waals surface area contributed by atoms with Crippen molar-refractivity contribution in [2.45, 2.75) is 53.4 Å². The van der Waals surface area contributed by atoms with Crippen LogP contribution in [0.2, 0.25) is 0 Å². The Balaban J connectivity index is 2.20. The van der Waals surface area contributed by atoms with Gasteiger partial charge in [0.05, 0.1) is 0 Å². The van der Waals surface area contributed by atoms with E-state index in [1.807, 2.05) is 0 Å². The van der Waals surface area contributed by atoms with Crippen molar-refractivity contribution in [3.63, 3.8) is 0 Å². The quantitative estimate of drug-likeness (QED) is 0.547. The molecular weight excluding hydrogens is 180 g/mol. The van der Waals surface area contributed by atoms with Crippen LogP contribution in [0.4, 0.5) is 0 Å². The molecule has 0 N–H and O–H groups in total. The molecule has 0 heterocycles. The smallest absolute Gasteiger partial charge is 0.0167 e. The molecule has 0 spiro atoms. The fourth-order valence-corrected chi connectivity index (χ4v) is 3.78. The molecule has 0 aromatic heterocycles. The Labute approximate surface area is 95.1 Å². The fourth-order valence-electron chi connectivity index (χ4n) is 3.78. The summed E-state index contributed by atoms with van der Waals surface area (Å²) in [5.74, 6) is 4.60. The molecular formula is C15H26. The minimum atomic E-state index is 0.773. The SMILES string of the molecule is CC1CCC2C(C)CC=C(C(C)C)C2C1. The average molecular weight is 206 g/mol. The predicted molar refractivity (Wildman–Crippen MR) is 66.7 cm³/mol. The van der Waals surface area contributed by atoms with Crippen LogP contribution in [0.5, 0.6) is 0 Å². The third-order valence-corrected chi connectivity index (χ3v) is 4.72. The van der Waals surface area contributed by atoms with E-state index >= 15 is 0 Å². The van der Waals surface area contributed by atoms with E-state index in [9.17, 15) is 0 Å². The zero-order valence-corrected chi connectivity index (χ0v) is 10.8. The van der Waals surface area contributed by atoms with Gasteiger partial charge in [-0.2, -0.15) is 0 Å². The van der Waals surface area contributed by atoms with Gasteiger partial charge in [-0.1, -0.05) is 45.8 Å². The summed E-state index contributed by atoms with van der Waals surface area (Å²) in [7, 11) is 0. The number of fused-ring (bicyclic) bond motifs is 1. The number of rotatable bonds is 1. The van der Waals surface area contributed by atoms with E-state index in [2.05, 4.69) is 33.8 Å². The summed E-state index contributed by atoms with van der Waals surface area (Å²) in [6.45, 7) is 9.64. The molecule has 0 aromatic carbocycles. The van der Waals surface area contributed by atoms with Gasteiger partial charge in [0.25, 0.3) is 0 Å². The van der Waals surface area contributed by atoms with Gasteiger partial charge < -0.3 is 0 Å². The summed E-state index contributed by atoms with van der Waals surface area (Å²) in [4.78, 5) is 0. The van der Waals surface area contributed by atoms with E-state index in [0.717, 1.165) is 29.6 Å². The van der Waals surface area contributed by atoms with Crippen LogP contribution in [0.3, 0.4) is 0 Å². The molecule has 0 aliphatic heterocycles. The van der Waals surface area contributed by atoms with Crippen molar-refractivity contribution in [3.8, 4) is 0 Å². The minimum Gasteiger partial charge on any atom is -0.0845 e. The Hall–Kier alpha value is -0.260. The first-order valence-corrected chi connectivity index (χ1v) is 6.79. The molecule has 0 aromatic rings. The van der Waals surface area contributed by atoms with Crippen molar-refractivity contribution < 1.29 is 0 Å². The molecule has 2 aliphatic carbocycles. The second-order valence-electron chi connectivity index (χ2n) is 6.26. The molecule has 15 heavy (non-hydrogen) atoms. The van der Waals surface area contributed by atoms with E-state index < -0.39 is 0 Å². The van der Waals surface area contributed by atoms with Gasteiger partial charge in [0.2, 0.25) is 0 Å². The highest BCUT2D eigenvalue weighted by Crippen LogP contribution is 2.47. The molecule has 0 bridgehead atoms. The lowest BCUT2D eigenvalue weighted by atomic mass is 9.62. The molecule has 0 nitrogen and oxygen atoms in total. The third kappa shape index (κ3) is 2.14. The van der Waals surface area contributed by atoms with Gasteiger partial charge in [-0.05, 0) is 48.9 Å². The third-order valence-electron chi connectivity index (χ3n) is 4.72. The Morgan fingerprint density at radius 2 is 1.93 bits per heavy atom. The van der Waals surface area contributed by atoms with Crippen LogP contribution < -0.4 is 0 Å². The van der Waals surface area contributed by atoms with E-state index in [0.29, 0.717) is 0 Å². The maximum absolute atomic E-state index is 2.56. The van der Waals surface area contributed by atoms with E-state index in [1.54, 1.807) is 5.57 Å². The number of hydrogen-bond acceptors (Lipinski definition) is 0. The summed E-state index contributed by atoms with van der Waals surface area (Å²) in [5.41, 5.74) is 1.78. The van der Waals surface area contributed by atoms with E-state index in [1.165, 1.54) is 25.7 Å². The van der Waals surface area contributed by atoms with Crippen molar-refractivity contribution in [1.82, 2.24) is 0 Å². The monoisotopic (exact) mass is 206 g/mol. The maximum Gasteiger partial charge on any atom is -0.0167 e. The lowest BCUT2D eigenvalue weighted by Crippen LogP contribution is -2.33. The Morgan fingerprint density at radius 3 is 2.60 bits per heavy atom. The molecule has 0 radical (unpaired) electrons. The van der Waals surface area contributed by atoms with Crippen molar-refractivity contribution in [1.29, 1.82) is 0 Å². The molecule has 0 heteroatoms. The Kier molecular flexibility index (Phi) is 3.23. The van der Waals surface area contributed by atoms with Crippen LogP contribution >= 0.6 is 0 Å². The largest absolute Gasteiger partial charge is 0.0845 e. The summed E-state index contributed by atoms with van der Waals surface area (Å²) in [5, 5.41) is 0. The van der Waals surface area contributed by atoms with Gasteiger partial charge in [-0.15, -0.1) is 0 Å². The molecule has 2 aliphatic rings. The van der Waals surface area contributed by atoms with Crippen LogP contribution in [0.25, 0.3) is 0 Å². The molecule has 4 atom stereocenters. The highest BCUT2D eigenvalue weighted by Gasteiger charge is 2.36. The summed E-state index contributed by atoms with van der Waals surface area (Å²) < 4.78 is 0. The molecule has 4 unspecified atom stereocenters. The number of allylic oxidation sites excluding steroid dienone is 2. The average Bonchev–Trinajstić information content (AvgIpc) is 2.17. The lowest BCUT2D eigenvalue weighted by Gasteiger charge is -2.43. The molecule has 1 saturated carbocycles.